The number of carbonyl (C=O) groups excluding carboxylic acids is 1. The van der Waals surface area contributed by atoms with Crippen LogP contribution in [0, 0.1) is 6.92 Å². The normalized spacial score (nSPS) is 12.0. The van der Waals surface area contributed by atoms with E-state index in [-0.39, 0.29) is 23.1 Å². The maximum absolute atomic E-state index is 13.4. The largest absolute Gasteiger partial charge is 0.461 e. The Balaban J connectivity index is 2.02. The third-order valence-electron chi connectivity index (χ3n) is 5.66. The van der Waals surface area contributed by atoms with Gasteiger partial charge in [0.2, 0.25) is 0 Å². The van der Waals surface area contributed by atoms with Crippen LogP contribution in [0.3, 0.4) is 0 Å². The number of aromatic amines is 1. The molecule has 0 bridgehead atoms. The number of halogens is 2. The van der Waals surface area contributed by atoms with Crippen molar-refractivity contribution >= 4 is 54.4 Å². The van der Waals surface area contributed by atoms with Crippen molar-refractivity contribution in [3.63, 3.8) is 0 Å². The van der Waals surface area contributed by atoms with Gasteiger partial charge in [-0.1, -0.05) is 43.1 Å². The number of aromatic nitrogens is 2. The summed E-state index contributed by atoms with van der Waals surface area (Å²) in [4.78, 5) is 16.1. The highest BCUT2D eigenvalue weighted by Gasteiger charge is 2.29. The summed E-state index contributed by atoms with van der Waals surface area (Å²) in [6, 6.07) is 11.7. The van der Waals surface area contributed by atoms with E-state index in [1.165, 1.54) is 10.2 Å². The number of benzene rings is 2. The number of esters is 1. The lowest BCUT2D eigenvalue weighted by Crippen LogP contribution is -2.11. The Labute approximate surface area is 212 Å². The second-order valence-electron chi connectivity index (χ2n) is 8.26. The summed E-state index contributed by atoms with van der Waals surface area (Å²) in [5.41, 5.74) is 3.72. The molecule has 9 heteroatoms. The highest BCUT2D eigenvalue weighted by molar-refractivity contribution is 9.10. The molecular weight excluding hydrogens is 540 g/mol. The predicted molar refractivity (Wildman–Crippen MR) is 138 cm³/mol. The first-order valence-electron chi connectivity index (χ1n) is 10.8. The lowest BCUT2D eigenvalue weighted by atomic mass is 9.93. The maximum Gasteiger partial charge on any atom is 0.355 e. The average Bonchev–Trinajstić information content (AvgIpc) is 3.36. The second-order valence-corrected chi connectivity index (χ2v) is 11.3. The third-order valence-corrected chi connectivity index (χ3v) is 8.31. The summed E-state index contributed by atoms with van der Waals surface area (Å²) in [5, 5.41) is 1.01. The number of nitrogens with zero attached hydrogens (tertiary/aromatic N) is 1. The second kappa shape index (κ2) is 9.24. The molecule has 0 radical (unpaired) electrons. The molecule has 34 heavy (non-hydrogen) atoms. The Hall–Kier alpha value is -2.55. The van der Waals surface area contributed by atoms with Crippen LogP contribution >= 0.6 is 27.5 Å². The van der Waals surface area contributed by atoms with Crippen molar-refractivity contribution < 1.29 is 17.9 Å². The number of hydrogen-bond donors (Lipinski definition) is 1. The highest BCUT2D eigenvalue weighted by atomic mass is 79.9. The van der Waals surface area contributed by atoms with Crippen molar-refractivity contribution in [2.75, 3.05) is 6.61 Å². The summed E-state index contributed by atoms with van der Waals surface area (Å²) in [6.07, 6.45) is 1.51. The lowest BCUT2D eigenvalue weighted by molar-refractivity contribution is 0.0521. The SMILES string of the molecule is CCOC(=O)c1[nH]c(Br)c(C(C)C)c1-c1c(Cl)ccc2c1ccn2S(=O)(=O)c1ccc(C)cc1. The van der Waals surface area contributed by atoms with Crippen molar-refractivity contribution in [3.8, 4) is 11.1 Å². The van der Waals surface area contributed by atoms with Crippen LogP contribution in [-0.4, -0.2) is 30.0 Å². The van der Waals surface area contributed by atoms with E-state index < -0.39 is 16.0 Å². The van der Waals surface area contributed by atoms with Gasteiger partial charge in [-0.25, -0.2) is 17.2 Å². The van der Waals surface area contributed by atoms with Gasteiger partial charge in [-0.3, -0.25) is 0 Å². The Morgan fingerprint density at radius 3 is 2.41 bits per heavy atom. The van der Waals surface area contributed by atoms with Crippen molar-refractivity contribution in [1.29, 1.82) is 0 Å². The monoisotopic (exact) mass is 562 g/mol. The van der Waals surface area contributed by atoms with Crippen LogP contribution in [0.1, 0.15) is 48.3 Å². The molecule has 2 aromatic carbocycles. The number of rotatable bonds is 6. The summed E-state index contributed by atoms with van der Waals surface area (Å²) in [7, 11) is -3.84. The molecule has 0 aliphatic heterocycles. The molecule has 1 N–H and O–H groups in total. The average molecular weight is 564 g/mol. The first-order chi connectivity index (χ1) is 16.1. The molecular formula is C25H24BrClN2O4S. The van der Waals surface area contributed by atoms with Gasteiger partial charge in [0.05, 0.1) is 21.6 Å². The highest BCUT2D eigenvalue weighted by Crippen LogP contribution is 2.44. The summed E-state index contributed by atoms with van der Waals surface area (Å²) < 4.78 is 34.0. The summed E-state index contributed by atoms with van der Waals surface area (Å²) in [5.74, 6) is -0.474. The van der Waals surface area contributed by atoms with E-state index in [0.717, 1.165) is 11.1 Å². The lowest BCUT2D eigenvalue weighted by Gasteiger charge is -2.14. The Morgan fingerprint density at radius 2 is 1.79 bits per heavy atom. The minimum absolute atomic E-state index is 0.0356. The fourth-order valence-corrected chi connectivity index (χ4v) is 6.55. The Morgan fingerprint density at radius 1 is 1.12 bits per heavy atom. The molecule has 2 aromatic heterocycles. The van der Waals surface area contributed by atoms with Gasteiger partial charge in [0.1, 0.15) is 5.69 Å². The quantitative estimate of drug-likeness (QED) is 0.259. The molecule has 0 aliphatic rings. The molecule has 2 heterocycles. The zero-order valence-corrected chi connectivity index (χ0v) is 22.3. The van der Waals surface area contributed by atoms with E-state index in [1.54, 1.807) is 49.4 Å². The van der Waals surface area contributed by atoms with Crippen LogP contribution in [0.25, 0.3) is 22.0 Å². The topological polar surface area (TPSA) is 81.2 Å². The van der Waals surface area contributed by atoms with Crippen LogP contribution in [0.15, 0.2) is 58.2 Å². The molecule has 0 atom stereocenters. The number of H-pyrrole nitrogens is 1. The van der Waals surface area contributed by atoms with Crippen LogP contribution < -0.4 is 0 Å². The molecule has 0 spiro atoms. The molecule has 0 fully saturated rings. The van der Waals surface area contributed by atoms with E-state index in [1.807, 2.05) is 20.8 Å². The number of fused-ring (bicyclic) bond motifs is 1. The first kappa shape index (κ1) is 24.6. The van der Waals surface area contributed by atoms with E-state index >= 15 is 0 Å². The maximum atomic E-state index is 13.4. The standard InChI is InChI=1S/C25H24BrClN2O4S/c1-5-33-25(30)23-22(20(14(2)3)24(26)28-23)21-17-12-13-29(19(17)11-10-18(21)27)34(31,32)16-8-6-15(4)7-9-16/h6-14,28H,5H2,1-4H3. The van der Waals surface area contributed by atoms with Crippen LogP contribution in [0.4, 0.5) is 0 Å². The van der Waals surface area contributed by atoms with E-state index in [2.05, 4.69) is 20.9 Å². The van der Waals surface area contributed by atoms with Gasteiger partial charge in [0.15, 0.2) is 0 Å². The number of ether oxygens (including phenoxy) is 1. The fourth-order valence-electron chi connectivity index (χ4n) is 4.09. The molecule has 178 valence electrons. The smallest absolute Gasteiger partial charge is 0.355 e. The summed E-state index contributed by atoms with van der Waals surface area (Å²) in [6.45, 7) is 7.87. The minimum atomic E-state index is -3.84. The molecule has 4 aromatic rings. The van der Waals surface area contributed by atoms with Crippen molar-refractivity contribution in [1.82, 2.24) is 8.96 Å². The van der Waals surface area contributed by atoms with Gasteiger partial charge in [-0.05, 0) is 71.6 Å². The van der Waals surface area contributed by atoms with Gasteiger partial charge in [0.25, 0.3) is 10.0 Å². The van der Waals surface area contributed by atoms with E-state index in [9.17, 15) is 13.2 Å². The predicted octanol–water partition coefficient (Wildman–Crippen LogP) is 6.90. The van der Waals surface area contributed by atoms with Gasteiger partial charge >= 0.3 is 5.97 Å². The van der Waals surface area contributed by atoms with Crippen LogP contribution in [0.2, 0.25) is 5.02 Å². The number of hydrogen-bond acceptors (Lipinski definition) is 4. The molecule has 0 saturated heterocycles. The van der Waals surface area contributed by atoms with Gasteiger partial charge < -0.3 is 9.72 Å². The zero-order valence-electron chi connectivity index (χ0n) is 19.1. The molecule has 6 nitrogen and oxygen atoms in total. The van der Waals surface area contributed by atoms with Crippen LogP contribution in [0.5, 0.6) is 0 Å². The number of aryl methyl sites for hydroxylation is 1. The van der Waals surface area contributed by atoms with Gasteiger partial charge in [-0.15, -0.1) is 0 Å². The number of nitrogens with one attached hydrogen (secondary N) is 1. The number of carbonyl (C=O) groups is 1. The minimum Gasteiger partial charge on any atom is -0.461 e. The Kier molecular flexibility index (Phi) is 6.68. The van der Waals surface area contributed by atoms with E-state index in [0.29, 0.717) is 31.7 Å². The van der Waals surface area contributed by atoms with E-state index in [4.69, 9.17) is 16.3 Å². The van der Waals surface area contributed by atoms with Crippen LogP contribution in [-0.2, 0) is 14.8 Å². The Bertz CT molecular complexity index is 1500. The van der Waals surface area contributed by atoms with Gasteiger partial charge in [-0.2, -0.15) is 0 Å². The molecule has 0 saturated carbocycles. The summed E-state index contributed by atoms with van der Waals surface area (Å²) >= 11 is 10.2. The van der Waals surface area contributed by atoms with Crippen molar-refractivity contribution in [2.45, 2.75) is 38.5 Å². The molecule has 0 aliphatic carbocycles. The van der Waals surface area contributed by atoms with Crippen molar-refractivity contribution in [3.05, 3.63) is 75.1 Å². The molecule has 0 unspecified atom stereocenters. The van der Waals surface area contributed by atoms with Crippen molar-refractivity contribution in [2.24, 2.45) is 0 Å². The molecule has 4 rings (SSSR count). The molecule has 0 amide bonds. The first-order valence-corrected chi connectivity index (χ1v) is 13.4. The van der Waals surface area contributed by atoms with Gasteiger partial charge in [0, 0.05) is 27.7 Å². The zero-order chi connectivity index (χ0) is 24.8. The third kappa shape index (κ3) is 4.08. The fraction of sp³-hybridized carbons (Fsp3) is 0.240.